The first-order valence-electron chi connectivity index (χ1n) is 5.68. The third-order valence-electron chi connectivity index (χ3n) is 3.51. The molecule has 0 saturated carbocycles. The lowest BCUT2D eigenvalue weighted by Gasteiger charge is -2.38. The Bertz CT molecular complexity index is 356. The lowest BCUT2D eigenvalue weighted by atomic mass is 9.84. The molecule has 0 radical (unpaired) electrons. The van der Waals surface area contributed by atoms with E-state index in [1.54, 1.807) is 0 Å². The smallest absolute Gasteiger partial charge is 0.0661 e. The molecule has 1 atom stereocenters. The maximum Gasteiger partial charge on any atom is 0.0661 e. The SMILES string of the molecule is CCC1(CO)CCc2cc(C)ccc2N1. The van der Waals surface area contributed by atoms with Crippen molar-refractivity contribution in [1.29, 1.82) is 0 Å². The van der Waals surface area contributed by atoms with Gasteiger partial charge in [-0.1, -0.05) is 24.6 Å². The molecule has 2 heteroatoms. The van der Waals surface area contributed by atoms with Crippen LogP contribution in [0.1, 0.15) is 30.9 Å². The van der Waals surface area contributed by atoms with Gasteiger partial charge in [-0.15, -0.1) is 0 Å². The number of fused-ring (bicyclic) bond motifs is 1. The highest BCUT2D eigenvalue weighted by Gasteiger charge is 2.31. The van der Waals surface area contributed by atoms with Crippen molar-refractivity contribution in [2.45, 2.75) is 38.6 Å². The Hall–Kier alpha value is -1.02. The Morgan fingerprint density at radius 2 is 2.27 bits per heavy atom. The summed E-state index contributed by atoms with van der Waals surface area (Å²) >= 11 is 0. The van der Waals surface area contributed by atoms with E-state index in [0.717, 1.165) is 19.3 Å². The van der Waals surface area contributed by atoms with Crippen LogP contribution in [-0.4, -0.2) is 17.3 Å². The topological polar surface area (TPSA) is 32.3 Å². The first kappa shape index (κ1) is 10.5. The van der Waals surface area contributed by atoms with E-state index < -0.39 is 0 Å². The van der Waals surface area contributed by atoms with Gasteiger partial charge in [-0.3, -0.25) is 0 Å². The van der Waals surface area contributed by atoms with E-state index in [1.807, 2.05) is 0 Å². The Morgan fingerprint density at radius 1 is 1.47 bits per heavy atom. The molecule has 1 aromatic rings. The van der Waals surface area contributed by atoms with Gasteiger partial charge >= 0.3 is 0 Å². The van der Waals surface area contributed by atoms with Crippen molar-refractivity contribution in [3.63, 3.8) is 0 Å². The predicted molar refractivity (Wildman–Crippen MR) is 63.2 cm³/mol. The first-order valence-corrected chi connectivity index (χ1v) is 5.68. The van der Waals surface area contributed by atoms with E-state index in [-0.39, 0.29) is 12.1 Å². The van der Waals surface area contributed by atoms with Crippen LogP contribution in [0.5, 0.6) is 0 Å². The molecule has 1 aliphatic heterocycles. The van der Waals surface area contributed by atoms with Crippen molar-refractivity contribution < 1.29 is 5.11 Å². The van der Waals surface area contributed by atoms with E-state index >= 15 is 0 Å². The fourth-order valence-electron chi connectivity index (χ4n) is 2.27. The Balaban J connectivity index is 2.30. The minimum atomic E-state index is -0.0950. The largest absolute Gasteiger partial charge is 0.394 e. The summed E-state index contributed by atoms with van der Waals surface area (Å²) in [6.45, 7) is 4.47. The van der Waals surface area contributed by atoms with Crippen LogP contribution in [0.25, 0.3) is 0 Å². The average molecular weight is 205 g/mol. The van der Waals surface area contributed by atoms with Gasteiger partial charge in [0.1, 0.15) is 0 Å². The summed E-state index contributed by atoms with van der Waals surface area (Å²) in [5.74, 6) is 0. The molecule has 0 aromatic heterocycles. The maximum absolute atomic E-state index is 9.46. The van der Waals surface area contributed by atoms with Gasteiger partial charge < -0.3 is 10.4 Å². The highest BCUT2D eigenvalue weighted by atomic mass is 16.3. The molecule has 0 spiro atoms. The summed E-state index contributed by atoms with van der Waals surface area (Å²) in [5, 5.41) is 12.9. The van der Waals surface area contributed by atoms with E-state index in [9.17, 15) is 5.11 Å². The zero-order valence-corrected chi connectivity index (χ0v) is 9.51. The van der Waals surface area contributed by atoms with E-state index in [0.29, 0.717) is 0 Å². The van der Waals surface area contributed by atoms with Crippen molar-refractivity contribution in [3.8, 4) is 0 Å². The first-order chi connectivity index (χ1) is 7.19. The second-order valence-corrected chi connectivity index (χ2v) is 4.58. The molecular formula is C13H19NO. The Kier molecular flexibility index (Phi) is 2.70. The average Bonchev–Trinajstić information content (AvgIpc) is 2.28. The lowest BCUT2D eigenvalue weighted by Crippen LogP contribution is -2.44. The highest BCUT2D eigenvalue weighted by molar-refractivity contribution is 5.56. The van der Waals surface area contributed by atoms with Gasteiger partial charge in [0.05, 0.1) is 12.1 Å². The van der Waals surface area contributed by atoms with Crippen molar-refractivity contribution in [2.24, 2.45) is 0 Å². The number of hydrogen-bond donors (Lipinski definition) is 2. The second-order valence-electron chi connectivity index (χ2n) is 4.58. The van der Waals surface area contributed by atoms with Gasteiger partial charge in [0.25, 0.3) is 0 Å². The predicted octanol–water partition coefficient (Wildman–Crippen LogP) is 2.49. The molecule has 0 bridgehead atoms. The van der Waals surface area contributed by atoms with Gasteiger partial charge in [0.15, 0.2) is 0 Å². The third-order valence-corrected chi connectivity index (χ3v) is 3.51. The lowest BCUT2D eigenvalue weighted by molar-refractivity contribution is 0.195. The van der Waals surface area contributed by atoms with Crippen LogP contribution < -0.4 is 5.32 Å². The number of benzene rings is 1. The van der Waals surface area contributed by atoms with Gasteiger partial charge in [0, 0.05) is 5.69 Å². The molecule has 2 rings (SSSR count). The number of nitrogens with one attached hydrogen (secondary N) is 1. The molecule has 0 amide bonds. The maximum atomic E-state index is 9.46. The fourth-order valence-corrected chi connectivity index (χ4v) is 2.27. The molecular weight excluding hydrogens is 186 g/mol. The second kappa shape index (κ2) is 3.86. The number of aryl methyl sites for hydroxylation is 2. The number of aliphatic hydroxyl groups excluding tert-OH is 1. The van der Waals surface area contributed by atoms with Crippen molar-refractivity contribution in [1.82, 2.24) is 0 Å². The summed E-state index contributed by atoms with van der Waals surface area (Å²) < 4.78 is 0. The standard InChI is InChI=1S/C13H19NO/c1-3-13(9-15)7-6-11-8-10(2)4-5-12(11)14-13/h4-5,8,14-15H,3,6-7,9H2,1-2H3. The molecule has 1 heterocycles. The third kappa shape index (κ3) is 1.86. The molecule has 0 fully saturated rings. The molecule has 1 aliphatic rings. The van der Waals surface area contributed by atoms with Crippen LogP contribution in [0, 0.1) is 6.92 Å². The summed E-state index contributed by atoms with van der Waals surface area (Å²) in [4.78, 5) is 0. The van der Waals surface area contributed by atoms with Crippen molar-refractivity contribution >= 4 is 5.69 Å². The number of aliphatic hydroxyl groups is 1. The summed E-state index contributed by atoms with van der Waals surface area (Å²) in [5.41, 5.74) is 3.79. The zero-order valence-electron chi connectivity index (χ0n) is 9.51. The van der Waals surface area contributed by atoms with Crippen LogP contribution in [0.3, 0.4) is 0 Å². The quantitative estimate of drug-likeness (QED) is 0.777. The summed E-state index contributed by atoms with van der Waals surface area (Å²) in [6, 6.07) is 6.48. The van der Waals surface area contributed by atoms with E-state index in [2.05, 4.69) is 37.4 Å². The molecule has 1 aromatic carbocycles. The van der Waals surface area contributed by atoms with Crippen molar-refractivity contribution in [3.05, 3.63) is 29.3 Å². The minimum Gasteiger partial charge on any atom is -0.394 e. The normalized spacial score (nSPS) is 24.5. The number of hydrogen-bond acceptors (Lipinski definition) is 2. The van der Waals surface area contributed by atoms with Crippen molar-refractivity contribution in [2.75, 3.05) is 11.9 Å². The number of rotatable bonds is 2. The van der Waals surface area contributed by atoms with Gasteiger partial charge in [0.2, 0.25) is 0 Å². The van der Waals surface area contributed by atoms with Crippen LogP contribution in [0.2, 0.25) is 0 Å². The minimum absolute atomic E-state index is 0.0950. The van der Waals surface area contributed by atoms with Crippen LogP contribution in [0.4, 0.5) is 5.69 Å². The van der Waals surface area contributed by atoms with Gasteiger partial charge in [-0.05, 0) is 37.8 Å². The molecule has 1 unspecified atom stereocenters. The summed E-state index contributed by atoms with van der Waals surface area (Å²) in [6.07, 6.45) is 3.06. The summed E-state index contributed by atoms with van der Waals surface area (Å²) in [7, 11) is 0. The zero-order chi connectivity index (χ0) is 10.9. The highest BCUT2D eigenvalue weighted by Crippen LogP contribution is 2.32. The van der Waals surface area contributed by atoms with Gasteiger partial charge in [-0.25, -0.2) is 0 Å². The number of anilines is 1. The molecule has 15 heavy (non-hydrogen) atoms. The molecule has 0 aliphatic carbocycles. The fraction of sp³-hybridized carbons (Fsp3) is 0.538. The molecule has 0 saturated heterocycles. The monoisotopic (exact) mass is 205 g/mol. The van der Waals surface area contributed by atoms with E-state index in [4.69, 9.17) is 0 Å². The van der Waals surface area contributed by atoms with Crippen LogP contribution in [-0.2, 0) is 6.42 Å². The Labute approximate surface area is 91.3 Å². The van der Waals surface area contributed by atoms with E-state index in [1.165, 1.54) is 16.8 Å². The molecule has 2 N–H and O–H groups in total. The Morgan fingerprint density at radius 3 is 2.93 bits per heavy atom. The van der Waals surface area contributed by atoms with Crippen LogP contribution in [0.15, 0.2) is 18.2 Å². The molecule has 82 valence electrons. The molecule has 2 nitrogen and oxygen atoms in total. The van der Waals surface area contributed by atoms with Gasteiger partial charge in [-0.2, -0.15) is 0 Å². The van der Waals surface area contributed by atoms with Crippen LogP contribution >= 0.6 is 0 Å².